The summed E-state index contributed by atoms with van der Waals surface area (Å²) in [6, 6.07) is 8.29. The number of sulfone groups is 1. The maximum Gasteiger partial charge on any atom is 0.422 e. The fraction of sp³-hybridized carbons (Fsp3) is 0.594. The molecule has 8 nitrogen and oxygen atoms in total. The third-order valence-corrected chi connectivity index (χ3v) is 11.5. The molecule has 2 atom stereocenters. The molecule has 4 aliphatic rings. The van der Waals surface area contributed by atoms with Crippen molar-refractivity contribution in [2.24, 2.45) is 0 Å². The number of carbonyl (C=O) groups excluding carboxylic acids is 1. The Kier molecular flexibility index (Phi) is 9.24. The lowest BCUT2D eigenvalue weighted by Gasteiger charge is -2.45. The second-order valence-corrected chi connectivity index (χ2v) is 14.7. The lowest BCUT2D eigenvalue weighted by atomic mass is 9.88. The van der Waals surface area contributed by atoms with Crippen molar-refractivity contribution in [2.75, 3.05) is 32.1 Å². The van der Waals surface area contributed by atoms with Crippen molar-refractivity contribution >= 4 is 15.9 Å². The average Bonchev–Trinajstić information content (AvgIpc) is 3.79. The number of ether oxygens (including phenoxy) is 1. The summed E-state index contributed by atoms with van der Waals surface area (Å²) < 4.78 is 75.2. The van der Waals surface area contributed by atoms with Gasteiger partial charge < -0.3 is 4.74 Å². The molecule has 0 spiro atoms. The van der Waals surface area contributed by atoms with E-state index >= 15 is 0 Å². The summed E-state index contributed by atoms with van der Waals surface area (Å²) in [5.74, 6) is -3.33. The van der Waals surface area contributed by atoms with Crippen LogP contribution in [0.4, 0.5) is 18.0 Å². The minimum atomic E-state index is -4.12. The third kappa shape index (κ3) is 6.93. The monoisotopic (exact) mass is 634 g/mol. The van der Waals surface area contributed by atoms with E-state index in [9.17, 15) is 26.4 Å². The highest BCUT2D eigenvalue weighted by molar-refractivity contribution is 7.91. The van der Waals surface area contributed by atoms with Gasteiger partial charge in [0.25, 0.3) is 0 Å². The summed E-state index contributed by atoms with van der Waals surface area (Å²) in [6.45, 7) is 3.15. The van der Waals surface area contributed by atoms with Crippen molar-refractivity contribution < 1.29 is 31.1 Å². The van der Waals surface area contributed by atoms with E-state index in [2.05, 4.69) is 10.3 Å². The van der Waals surface area contributed by atoms with Gasteiger partial charge in [-0.2, -0.15) is 0 Å². The van der Waals surface area contributed by atoms with Gasteiger partial charge in [0, 0.05) is 38.3 Å². The SMILES string of the molecule is O=C(NN1CCN(C2CCCCC2)CC1)OC1([C@H]2CCCC(c3cccc(F)c3)N2CS(=O)(=O)c2ccc(F)c(F)c2)CC1. The van der Waals surface area contributed by atoms with Gasteiger partial charge in [0.2, 0.25) is 0 Å². The van der Waals surface area contributed by atoms with Crippen LogP contribution >= 0.6 is 0 Å². The lowest BCUT2D eigenvalue weighted by molar-refractivity contribution is -0.0319. The summed E-state index contributed by atoms with van der Waals surface area (Å²) in [6.07, 6.45) is 8.77. The second kappa shape index (κ2) is 13.0. The quantitative estimate of drug-likeness (QED) is 0.381. The van der Waals surface area contributed by atoms with Crippen molar-refractivity contribution in [3.63, 3.8) is 0 Å². The Morgan fingerprint density at radius 3 is 2.32 bits per heavy atom. The number of piperidine rings is 1. The van der Waals surface area contributed by atoms with Crippen molar-refractivity contribution in [3.05, 3.63) is 65.5 Å². The van der Waals surface area contributed by atoms with Gasteiger partial charge in [-0.3, -0.25) is 15.2 Å². The number of likely N-dealkylation sites (tertiary alicyclic amines) is 1. The second-order valence-electron chi connectivity index (χ2n) is 12.7. The topological polar surface area (TPSA) is 82.2 Å². The summed E-state index contributed by atoms with van der Waals surface area (Å²) in [5, 5.41) is 1.89. The molecule has 2 aromatic rings. The van der Waals surface area contributed by atoms with Crippen molar-refractivity contribution in [1.82, 2.24) is 20.2 Å². The molecule has 1 amide bonds. The fourth-order valence-corrected chi connectivity index (χ4v) is 8.88. The first-order valence-corrected chi connectivity index (χ1v) is 17.5. The zero-order valence-electron chi connectivity index (χ0n) is 24.9. The van der Waals surface area contributed by atoms with Crippen LogP contribution in [0.2, 0.25) is 0 Å². The molecule has 0 radical (unpaired) electrons. The molecule has 12 heteroatoms. The largest absolute Gasteiger partial charge is 0.440 e. The highest BCUT2D eigenvalue weighted by Gasteiger charge is 2.57. The molecule has 0 aromatic heterocycles. The minimum absolute atomic E-state index is 0.338. The number of piperazine rings is 1. The van der Waals surface area contributed by atoms with Crippen LogP contribution in [0.3, 0.4) is 0 Å². The minimum Gasteiger partial charge on any atom is -0.440 e. The summed E-state index contributed by atoms with van der Waals surface area (Å²) in [5.41, 5.74) is 2.63. The molecule has 1 unspecified atom stereocenters. The Balaban J connectivity index is 1.17. The molecule has 4 fully saturated rings. The standard InChI is InChI=1S/C32H41F3N4O4S/c33-24-7-4-6-23(20-24)29-10-5-11-30(39(29)22-44(41,42)26-12-13-27(34)28(35)21-26)32(14-15-32)43-31(40)36-38-18-16-37(17-19-38)25-8-2-1-3-9-25/h4,6-7,12-13,20-21,25,29-30H,1-3,5,8-11,14-19,22H2,(H,36,40)/t29?,30-/m1/s1. The lowest BCUT2D eigenvalue weighted by Crippen LogP contribution is -2.57. The van der Waals surface area contributed by atoms with Crippen molar-refractivity contribution in [2.45, 2.75) is 92.8 Å². The Morgan fingerprint density at radius 2 is 1.64 bits per heavy atom. The van der Waals surface area contributed by atoms with E-state index in [1.807, 2.05) is 5.01 Å². The van der Waals surface area contributed by atoms with Gasteiger partial charge in [-0.25, -0.2) is 31.4 Å². The average molecular weight is 635 g/mol. The predicted molar refractivity (Wildman–Crippen MR) is 159 cm³/mol. The first-order chi connectivity index (χ1) is 21.1. The van der Waals surface area contributed by atoms with Crippen LogP contribution in [-0.2, 0) is 14.6 Å². The van der Waals surface area contributed by atoms with Gasteiger partial charge in [0.15, 0.2) is 21.5 Å². The number of benzene rings is 2. The molecule has 2 aliphatic heterocycles. The summed E-state index contributed by atoms with van der Waals surface area (Å²) in [7, 11) is -4.12. The summed E-state index contributed by atoms with van der Waals surface area (Å²) >= 11 is 0. The number of hydrazine groups is 1. The molecule has 2 saturated carbocycles. The molecule has 44 heavy (non-hydrogen) atoms. The molecule has 2 aliphatic carbocycles. The first-order valence-electron chi connectivity index (χ1n) is 15.8. The molecule has 2 heterocycles. The van der Waals surface area contributed by atoms with Crippen LogP contribution in [0.15, 0.2) is 47.4 Å². The molecule has 0 bridgehead atoms. The Hall–Kier alpha value is -2.67. The predicted octanol–water partition coefficient (Wildman–Crippen LogP) is 5.56. The van der Waals surface area contributed by atoms with Gasteiger partial charge in [0.05, 0.1) is 10.9 Å². The molecule has 6 rings (SSSR count). The number of hydrogen-bond donors (Lipinski definition) is 1. The maximum atomic E-state index is 14.3. The molecular formula is C32H41F3N4O4S. The third-order valence-electron chi connectivity index (χ3n) is 9.86. The zero-order chi connectivity index (χ0) is 30.9. The van der Waals surface area contributed by atoms with E-state index in [0.29, 0.717) is 56.4 Å². The fourth-order valence-electron chi connectivity index (χ4n) is 7.42. The van der Waals surface area contributed by atoms with Crippen LogP contribution in [-0.4, -0.2) is 79.1 Å². The van der Waals surface area contributed by atoms with E-state index in [-0.39, 0.29) is 4.90 Å². The Labute approximate surface area is 257 Å². The van der Waals surface area contributed by atoms with Crippen LogP contribution in [0.25, 0.3) is 0 Å². The number of hydrogen-bond acceptors (Lipinski definition) is 7. The van der Waals surface area contributed by atoms with Gasteiger partial charge in [-0.15, -0.1) is 0 Å². The normalized spacial score (nSPS) is 25.4. The Bertz CT molecular complexity index is 1440. The number of halogens is 3. The highest BCUT2D eigenvalue weighted by Crippen LogP contribution is 2.51. The zero-order valence-corrected chi connectivity index (χ0v) is 25.7. The van der Waals surface area contributed by atoms with Crippen LogP contribution in [0.5, 0.6) is 0 Å². The van der Waals surface area contributed by atoms with E-state index in [1.54, 1.807) is 17.0 Å². The van der Waals surface area contributed by atoms with Crippen molar-refractivity contribution in [1.29, 1.82) is 0 Å². The van der Waals surface area contributed by atoms with Gasteiger partial charge in [0.1, 0.15) is 17.3 Å². The van der Waals surface area contributed by atoms with Gasteiger partial charge in [-0.1, -0.05) is 31.4 Å². The molecule has 1 N–H and O–H groups in total. The van der Waals surface area contributed by atoms with E-state index < -0.39 is 56.9 Å². The number of carbonyl (C=O) groups is 1. The molecule has 240 valence electrons. The van der Waals surface area contributed by atoms with Crippen molar-refractivity contribution in [3.8, 4) is 0 Å². The maximum absolute atomic E-state index is 14.3. The van der Waals surface area contributed by atoms with E-state index in [1.165, 1.54) is 44.2 Å². The highest BCUT2D eigenvalue weighted by atomic mass is 32.2. The Morgan fingerprint density at radius 1 is 0.886 bits per heavy atom. The van der Waals surface area contributed by atoms with Crippen LogP contribution in [0.1, 0.15) is 75.8 Å². The number of nitrogens with zero attached hydrogens (tertiary/aromatic N) is 3. The van der Waals surface area contributed by atoms with Gasteiger partial charge in [-0.05, 0) is 80.8 Å². The van der Waals surface area contributed by atoms with Gasteiger partial charge >= 0.3 is 6.09 Å². The molecule has 2 aromatic carbocycles. The van der Waals surface area contributed by atoms with Crippen LogP contribution in [0, 0.1) is 17.5 Å². The number of rotatable bonds is 8. The van der Waals surface area contributed by atoms with Crippen LogP contribution < -0.4 is 5.43 Å². The summed E-state index contributed by atoms with van der Waals surface area (Å²) in [4.78, 5) is 17.2. The first kappa shape index (κ1) is 31.3. The number of amides is 1. The molecule has 2 saturated heterocycles. The smallest absolute Gasteiger partial charge is 0.422 e. The molecular weight excluding hydrogens is 593 g/mol. The number of nitrogens with one attached hydrogen (secondary N) is 1. The van der Waals surface area contributed by atoms with E-state index in [0.717, 1.165) is 31.6 Å². The van der Waals surface area contributed by atoms with E-state index in [4.69, 9.17) is 4.74 Å².